The minimum Gasteiger partial charge on any atom is -0.507 e. The molecule has 0 aliphatic carbocycles. The zero-order valence-corrected chi connectivity index (χ0v) is 19.9. The van der Waals surface area contributed by atoms with Crippen LogP contribution in [0.15, 0.2) is 48.0 Å². The first kappa shape index (κ1) is 24.6. The summed E-state index contributed by atoms with van der Waals surface area (Å²) in [6, 6.07) is 10.6. The smallest absolute Gasteiger partial charge is 0.295 e. The van der Waals surface area contributed by atoms with E-state index in [2.05, 4.69) is 4.90 Å². The van der Waals surface area contributed by atoms with Gasteiger partial charge in [0.15, 0.2) is 0 Å². The highest BCUT2D eigenvalue weighted by Crippen LogP contribution is 2.41. The second-order valence-corrected chi connectivity index (χ2v) is 8.46. The number of likely N-dealkylation sites (tertiary alicyclic amines) is 1. The lowest BCUT2D eigenvalue weighted by Gasteiger charge is -2.29. The first-order chi connectivity index (χ1) is 16.9. The minimum atomic E-state index is -0.799. The molecule has 0 saturated carbocycles. The molecule has 2 N–H and O–H groups in total. The maximum absolute atomic E-state index is 13.2. The van der Waals surface area contributed by atoms with Gasteiger partial charge in [-0.15, -0.1) is 0 Å². The van der Waals surface area contributed by atoms with Crippen LogP contribution in [0.2, 0.25) is 0 Å². The third-order valence-electron chi connectivity index (χ3n) is 6.41. The van der Waals surface area contributed by atoms with E-state index in [0.29, 0.717) is 43.2 Å². The topological polar surface area (TPSA) is 109 Å². The van der Waals surface area contributed by atoms with Crippen LogP contribution in [-0.4, -0.2) is 85.3 Å². The fourth-order valence-corrected chi connectivity index (χ4v) is 4.52. The first-order valence-corrected chi connectivity index (χ1v) is 11.5. The zero-order chi connectivity index (χ0) is 24.9. The Labute approximate surface area is 204 Å². The molecule has 1 amide bonds. The normalized spacial score (nSPS) is 20.3. The minimum absolute atomic E-state index is 0.0515. The molecule has 0 radical (unpaired) electrons. The SMILES string of the molecule is COc1ccc([C@H]2C(=C(O)c3ccc(OC)cc3O)C(=O)C(=O)N2CCCN2CCOCC2)cc1. The number of carbonyl (C=O) groups is 2. The van der Waals surface area contributed by atoms with E-state index < -0.39 is 23.5 Å². The van der Waals surface area contributed by atoms with Crippen LogP contribution < -0.4 is 9.47 Å². The van der Waals surface area contributed by atoms with Crippen molar-refractivity contribution in [1.29, 1.82) is 0 Å². The number of ketones is 1. The number of aliphatic hydroxyl groups excluding tert-OH is 1. The molecule has 2 aromatic rings. The number of rotatable bonds is 8. The number of aromatic hydroxyl groups is 1. The third kappa shape index (κ3) is 5.11. The summed E-state index contributed by atoms with van der Waals surface area (Å²) < 4.78 is 15.7. The summed E-state index contributed by atoms with van der Waals surface area (Å²) in [7, 11) is 3.01. The summed E-state index contributed by atoms with van der Waals surface area (Å²) in [5.41, 5.74) is 0.647. The van der Waals surface area contributed by atoms with E-state index in [4.69, 9.17) is 14.2 Å². The van der Waals surface area contributed by atoms with Gasteiger partial charge in [0.1, 0.15) is 23.0 Å². The van der Waals surface area contributed by atoms with Crippen LogP contribution in [0, 0.1) is 0 Å². The number of carbonyl (C=O) groups excluding carboxylic acids is 2. The Hall–Kier alpha value is -3.56. The van der Waals surface area contributed by atoms with Gasteiger partial charge in [0.2, 0.25) is 0 Å². The van der Waals surface area contributed by atoms with E-state index in [1.54, 1.807) is 37.4 Å². The summed E-state index contributed by atoms with van der Waals surface area (Å²) in [5, 5.41) is 21.6. The van der Waals surface area contributed by atoms with Crippen molar-refractivity contribution < 1.29 is 34.0 Å². The lowest BCUT2D eigenvalue weighted by Crippen LogP contribution is -2.38. The average Bonchev–Trinajstić information content (AvgIpc) is 3.14. The van der Waals surface area contributed by atoms with E-state index in [1.807, 2.05) is 0 Å². The van der Waals surface area contributed by atoms with Crippen molar-refractivity contribution in [3.63, 3.8) is 0 Å². The van der Waals surface area contributed by atoms with E-state index in [9.17, 15) is 19.8 Å². The van der Waals surface area contributed by atoms with Crippen molar-refractivity contribution >= 4 is 17.4 Å². The number of morpholine rings is 1. The number of benzene rings is 2. The second-order valence-electron chi connectivity index (χ2n) is 8.46. The molecule has 186 valence electrons. The van der Waals surface area contributed by atoms with Crippen LogP contribution >= 0.6 is 0 Å². The fourth-order valence-electron chi connectivity index (χ4n) is 4.52. The average molecular weight is 483 g/mol. The molecule has 2 fully saturated rings. The van der Waals surface area contributed by atoms with Gasteiger partial charge in [0.25, 0.3) is 11.7 Å². The molecule has 9 heteroatoms. The molecule has 1 atom stereocenters. The van der Waals surface area contributed by atoms with Crippen molar-refractivity contribution in [2.45, 2.75) is 12.5 Å². The predicted octanol–water partition coefficient (Wildman–Crippen LogP) is 2.55. The number of hydrogen-bond donors (Lipinski definition) is 2. The molecule has 0 spiro atoms. The summed E-state index contributed by atoms with van der Waals surface area (Å²) in [5.74, 6) is -1.12. The van der Waals surface area contributed by atoms with Gasteiger partial charge in [-0.1, -0.05) is 12.1 Å². The zero-order valence-electron chi connectivity index (χ0n) is 19.9. The molecule has 2 aromatic carbocycles. The number of hydrogen-bond acceptors (Lipinski definition) is 8. The van der Waals surface area contributed by atoms with E-state index >= 15 is 0 Å². The van der Waals surface area contributed by atoms with Gasteiger partial charge in [-0.05, 0) is 36.2 Å². The van der Waals surface area contributed by atoms with Crippen LogP contribution in [0.5, 0.6) is 17.2 Å². The van der Waals surface area contributed by atoms with Crippen molar-refractivity contribution in [2.24, 2.45) is 0 Å². The summed E-state index contributed by atoms with van der Waals surface area (Å²) >= 11 is 0. The Bertz CT molecular complexity index is 1110. The van der Waals surface area contributed by atoms with Crippen molar-refractivity contribution in [3.05, 3.63) is 59.2 Å². The molecular formula is C26H30N2O7. The predicted molar refractivity (Wildman–Crippen MR) is 129 cm³/mol. The number of amides is 1. The molecule has 2 aliphatic heterocycles. The summed E-state index contributed by atoms with van der Waals surface area (Å²) in [6.45, 7) is 4.13. The molecule has 4 rings (SSSR count). The Balaban J connectivity index is 1.70. The number of phenolic OH excluding ortho intramolecular Hbond substituents is 1. The van der Waals surface area contributed by atoms with E-state index in [-0.39, 0.29) is 16.9 Å². The van der Waals surface area contributed by atoms with Gasteiger partial charge in [0.05, 0.1) is 44.6 Å². The molecule has 0 aromatic heterocycles. The highest BCUT2D eigenvalue weighted by molar-refractivity contribution is 6.46. The summed E-state index contributed by atoms with van der Waals surface area (Å²) in [6.07, 6.45) is 0.660. The lowest BCUT2D eigenvalue weighted by molar-refractivity contribution is -0.140. The van der Waals surface area contributed by atoms with Crippen molar-refractivity contribution in [3.8, 4) is 17.2 Å². The van der Waals surface area contributed by atoms with Gasteiger partial charge in [0, 0.05) is 32.2 Å². The number of methoxy groups -OCH3 is 2. The Morgan fingerprint density at radius 3 is 2.29 bits per heavy atom. The molecule has 0 bridgehead atoms. The number of phenols is 1. The van der Waals surface area contributed by atoms with Crippen LogP contribution in [0.25, 0.3) is 5.76 Å². The molecular weight excluding hydrogens is 452 g/mol. The van der Waals surface area contributed by atoms with Gasteiger partial charge in [-0.25, -0.2) is 0 Å². The number of aliphatic hydroxyl groups is 1. The van der Waals surface area contributed by atoms with Gasteiger partial charge < -0.3 is 29.3 Å². The monoisotopic (exact) mass is 482 g/mol. The maximum atomic E-state index is 13.2. The molecule has 35 heavy (non-hydrogen) atoms. The van der Waals surface area contributed by atoms with Crippen LogP contribution in [0.3, 0.4) is 0 Å². The quantitative estimate of drug-likeness (QED) is 0.336. The Morgan fingerprint density at radius 2 is 1.66 bits per heavy atom. The standard InChI is InChI=1S/C26H30N2O7/c1-33-18-6-4-17(5-7-18)23-22(24(30)20-9-8-19(34-2)16-21(20)29)25(31)26(32)28(23)11-3-10-27-12-14-35-15-13-27/h4-9,16,23,29-30H,3,10-15H2,1-2H3/t23-/m0/s1. The van der Waals surface area contributed by atoms with Crippen LogP contribution in [0.1, 0.15) is 23.6 Å². The van der Waals surface area contributed by atoms with Crippen molar-refractivity contribution in [2.75, 3.05) is 53.6 Å². The lowest BCUT2D eigenvalue weighted by atomic mass is 9.95. The largest absolute Gasteiger partial charge is 0.507 e. The molecule has 2 saturated heterocycles. The molecule has 2 heterocycles. The second kappa shape index (κ2) is 10.8. The number of Topliss-reactive ketones (excluding diaryl/α,β-unsaturated/α-hetero) is 1. The Kier molecular flexibility index (Phi) is 7.57. The maximum Gasteiger partial charge on any atom is 0.295 e. The van der Waals surface area contributed by atoms with Gasteiger partial charge >= 0.3 is 0 Å². The summed E-state index contributed by atoms with van der Waals surface area (Å²) in [4.78, 5) is 30.0. The van der Waals surface area contributed by atoms with Crippen molar-refractivity contribution in [1.82, 2.24) is 9.80 Å². The van der Waals surface area contributed by atoms with Crippen LogP contribution in [-0.2, 0) is 14.3 Å². The molecule has 2 aliphatic rings. The van der Waals surface area contributed by atoms with Gasteiger partial charge in [-0.2, -0.15) is 0 Å². The van der Waals surface area contributed by atoms with E-state index in [0.717, 1.165) is 19.6 Å². The molecule has 0 unspecified atom stereocenters. The number of nitrogens with zero attached hydrogens (tertiary/aromatic N) is 2. The molecule has 9 nitrogen and oxygen atoms in total. The fraction of sp³-hybridized carbons (Fsp3) is 0.385. The van der Waals surface area contributed by atoms with Gasteiger partial charge in [-0.3, -0.25) is 14.5 Å². The third-order valence-corrected chi connectivity index (χ3v) is 6.41. The number of ether oxygens (including phenoxy) is 3. The first-order valence-electron chi connectivity index (χ1n) is 11.5. The highest BCUT2D eigenvalue weighted by atomic mass is 16.5. The Morgan fingerprint density at radius 1 is 1.00 bits per heavy atom. The van der Waals surface area contributed by atoms with Crippen LogP contribution in [0.4, 0.5) is 0 Å². The highest BCUT2D eigenvalue weighted by Gasteiger charge is 2.46. The van der Waals surface area contributed by atoms with E-state index in [1.165, 1.54) is 24.1 Å².